The third-order valence-electron chi connectivity index (χ3n) is 2.60. The Kier molecular flexibility index (Phi) is 2.84. The number of aryl methyl sites for hydroxylation is 1. The van der Waals surface area contributed by atoms with Crippen LogP contribution in [0, 0.1) is 11.3 Å². The first-order valence-corrected chi connectivity index (χ1v) is 5.33. The average Bonchev–Trinajstić information content (AvgIpc) is 2.70. The lowest BCUT2D eigenvalue weighted by Gasteiger charge is -2.04. The fraction of sp³-hybridized carbons (Fsp3) is 0.231. The first kappa shape index (κ1) is 11.2. The summed E-state index contributed by atoms with van der Waals surface area (Å²) in [4.78, 5) is 11.6. The molecule has 0 saturated carbocycles. The van der Waals surface area contributed by atoms with Crippen molar-refractivity contribution in [3.05, 3.63) is 35.5 Å². The SMILES string of the molecule is CCOC(=O)c1cc(C#N)c2c(ccn2C)c1. The van der Waals surface area contributed by atoms with Crippen molar-refractivity contribution >= 4 is 16.9 Å². The standard InChI is InChI=1S/C13H12N2O2/c1-3-17-13(16)10-6-9-4-5-15(2)12(9)11(7-10)8-14/h4-7H,3H2,1-2H3. The number of fused-ring (bicyclic) bond motifs is 1. The van der Waals surface area contributed by atoms with E-state index in [9.17, 15) is 4.79 Å². The number of carbonyl (C=O) groups is 1. The molecular weight excluding hydrogens is 216 g/mol. The molecule has 0 amide bonds. The lowest BCUT2D eigenvalue weighted by Crippen LogP contribution is -2.05. The van der Waals surface area contributed by atoms with Gasteiger partial charge in [-0.1, -0.05) is 0 Å². The Balaban J connectivity index is 2.62. The number of nitrogens with zero attached hydrogens (tertiary/aromatic N) is 2. The van der Waals surface area contributed by atoms with Crippen LogP contribution in [0.1, 0.15) is 22.8 Å². The van der Waals surface area contributed by atoms with Gasteiger partial charge in [0.05, 0.1) is 23.3 Å². The lowest BCUT2D eigenvalue weighted by atomic mass is 10.1. The van der Waals surface area contributed by atoms with Crippen LogP contribution in [0.4, 0.5) is 0 Å². The van der Waals surface area contributed by atoms with Gasteiger partial charge in [0.1, 0.15) is 6.07 Å². The Morgan fingerprint density at radius 3 is 2.94 bits per heavy atom. The van der Waals surface area contributed by atoms with Crippen LogP contribution in [0.3, 0.4) is 0 Å². The molecule has 17 heavy (non-hydrogen) atoms. The predicted octanol–water partition coefficient (Wildman–Crippen LogP) is 2.23. The van der Waals surface area contributed by atoms with E-state index in [-0.39, 0.29) is 0 Å². The van der Waals surface area contributed by atoms with Gasteiger partial charge in [-0.15, -0.1) is 0 Å². The van der Waals surface area contributed by atoms with Crippen molar-refractivity contribution in [1.29, 1.82) is 5.26 Å². The monoisotopic (exact) mass is 228 g/mol. The Morgan fingerprint density at radius 1 is 1.53 bits per heavy atom. The fourth-order valence-corrected chi connectivity index (χ4v) is 1.86. The van der Waals surface area contributed by atoms with Crippen LogP contribution in [0.5, 0.6) is 0 Å². The summed E-state index contributed by atoms with van der Waals surface area (Å²) in [5.74, 6) is -0.394. The summed E-state index contributed by atoms with van der Waals surface area (Å²) in [6, 6.07) is 7.29. The molecule has 0 fully saturated rings. The molecule has 0 unspecified atom stereocenters. The lowest BCUT2D eigenvalue weighted by molar-refractivity contribution is 0.0526. The maximum Gasteiger partial charge on any atom is 0.338 e. The van der Waals surface area contributed by atoms with Gasteiger partial charge in [0, 0.05) is 18.6 Å². The van der Waals surface area contributed by atoms with Crippen molar-refractivity contribution in [1.82, 2.24) is 4.57 Å². The van der Waals surface area contributed by atoms with Crippen molar-refractivity contribution in [2.24, 2.45) is 7.05 Å². The van der Waals surface area contributed by atoms with Gasteiger partial charge < -0.3 is 9.30 Å². The molecule has 2 aromatic rings. The molecule has 2 rings (SSSR count). The molecule has 0 spiro atoms. The van der Waals surface area contributed by atoms with E-state index in [1.165, 1.54) is 0 Å². The largest absolute Gasteiger partial charge is 0.462 e. The number of aromatic nitrogens is 1. The van der Waals surface area contributed by atoms with Gasteiger partial charge in [0.2, 0.25) is 0 Å². The highest BCUT2D eigenvalue weighted by Crippen LogP contribution is 2.21. The molecule has 0 aliphatic carbocycles. The highest BCUT2D eigenvalue weighted by molar-refractivity contribution is 5.97. The van der Waals surface area contributed by atoms with Crippen molar-refractivity contribution in [3.8, 4) is 6.07 Å². The van der Waals surface area contributed by atoms with Crippen molar-refractivity contribution in [3.63, 3.8) is 0 Å². The van der Waals surface area contributed by atoms with Gasteiger partial charge in [-0.2, -0.15) is 5.26 Å². The molecule has 0 N–H and O–H groups in total. The van der Waals surface area contributed by atoms with Crippen LogP contribution in [-0.4, -0.2) is 17.1 Å². The molecule has 4 nitrogen and oxygen atoms in total. The number of benzene rings is 1. The van der Waals surface area contributed by atoms with Gasteiger partial charge >= 0.3 is 5.97 Å². The minimum absolute atomic E-state index is 0.327. The van der Waals surface area contributed by atoms with Crippen LogP contribution in [0.25, 0.3) is 10.9 Å². The third-order valence-corrected chi connectivity index (χ3v) is 2.60. The van der Waals surface area contributed by atoms with Crippen molar-refractivity contribution in [2.75, 3.05) is 6.61 Å². The first-order valence-electron chi connectivity index (χ1n) is 5.33. The quantitative estimate of drug-likeness (QED) is 0.740. The second kappa shape index (κ2) is 4.30. The van der Waals surface area contributed by atoms with Gasteiger partial charge in [-0.05, 0) is 25.1 Å². The smallest absolute Gasteiger partial charge is 0.338 e. The summed E-state index contributed by atoms with van der Waals surface area (Å²) in [5, 5.41) is 9.97. The van der Waals surface area contributed by atoms with Gasteiger partial charge in [0.15, 0.2) is 0 Å². The zero-order valence-corrected chi connectivity index (χ0v) is 9.73. The van der Waals surface area contributed by atoms with Crippen LogP contribution < -0.4 is 0 Å². The van der Waals surface area contributed by atoms with Gasteiger partial charge in [-0.25, -0.2) is 4.79 Å². The highest BCUT2D eigenvalue weighted by atomic mass is 16.5. The molecule has 0 atom stereocenters. The number of esters is 1. The van der Waals surface area contributed by atoms with E-state index < -0.39 is 5.97 Å². The Hall–Kier alpha value is -2.28. The Labute approximate surface area is 99.0 Å². The molecule has 0 saturated heterocycles. The van der Waals surface area contributed by atoms with Crippen LogP contribution in [-0.2, 0) is 11.8 Å². The van der Waals surface area contributed by atoms with Crippen LogP contribution >= 0.6 is 0 Å². The summed E-state index contributed by atoms with van der Waals surface area (Å²) in [6.45, 7) is 2.08. The van der Waals surface area contributed by atoms with E-state index in [1.807, 2.05) is 23.9 Å². The molecule has 1 aromatic carbocycles. The first-order chi connectivity index (χ1) is 8.17. The number of rotatable bonds is 2. The molecule has 0 aliphatic rings. The molecular formula is C13H12N2O2. The van der Waals surface area contributed by atoms with E-state index in [0.717, 1.165) is 10.9 Å². The van der Waals surface area contributed by atoms with Crippen LogP contribution in [0.15, 0.2) is 24.4 Å². The highest BCUT2D eigenvalue weighted by Gasteiger charge is 2.12. The summed E-state index contributed by atoms with van der Waals surface area (Å²) < 4.78 is 6.79. The van der Waals surface area contributed by atoms with E-state index in [4.69, 9.17) is 10.00 Å². The maximum atomic E-state index is 11.6. The summed E-state index contributed by atoms with van der Waals surface area (Å²) in [5.41, 5.74) is 1.74. The molecule has 0 aliphatic heterocycles. The molecule has 1 aromatic heterocycles. The summed E-state index contributed by atoms with van der Waals surface area (Å²) in [6.07, 6.45) is 1.86. The second-order valence-electron chi connectivity index (χ2n) is 3.72. The molecule has 0 bridgehead atoms. The van der Waals surface area contributed by atoms with Crippen molar-refractivity contribution in [2.45, 2.75) is 6.92 Å². The van der Waals surface area contributed by atoms with E-state index in [1.54, 1.807) is 19.1 Å². The topological polar surface area (TPSA) is 55.0 Å². The Bertz CT molecular complexity index is 620. The average molecular weight is 228 g/mol. The third kappa shape index (κ3) is 1.87. The van der Waals surface area contributed by atoms with E-state index in [2.05, 4.69) is 6.07 Å². The van der Waals surface area contributed by atoms with Gasteiger partial charge in [-0.3, -0.25) is 0 Å². The minimum Gasteiger partial charge on any atom is -0.462 e. The molecule has 4 heteroatoms. The molecule has 0 radical (unpaired) electrons. The summed E-state index contributed by atoms with van der Waals surface area (Å²) in [7, 11) is 1.87. The predicted molar refractivity (Wildman–Crippen MR) is 63.6 cm³/mol. The normalized spacial score (nSPS) is 10.2. The number of ether oxygens (including phenoxy) is 1. The minimum atomic E-state index is -0.394. The van der Waals surface area contributed by atoms with Crippen LogP contribution in [0.2, 0.25) is 0 Å². The van der Waals surface area contributed by atoms with Gasteiger partial charge in [0.25, 0.3) is 0 Å². The zero-order valence-electron chi connectivity index (χ0n) is 9.73. The summed E-state index contributed by atoms with van der Waals surface area (Å²) >= 11 is 0. The molecule has 86 valence electrons. The number of hydrogen-bond donors (Lipinski definition) is 0. The number of hydrogen-bond acceptors (Lipinski definition) is 3. The van der Waals surface area contributed by atoms with E-state index in [0.29, 0.717) is 17.7 Å². The fourth-order valence-electron chi connectivity index (χ4n) is 1.86. The number of nitriles is 1. The zero-order chi connectivity index (χ0) is 12.4. The Morgan fingerprint density at radius 2 is 2.29 bits per heavy atom. The number of carbonyl (C=O) groups excluding carboxylic acids is 1. The van der Waals surface area contributed by atoms with Crippen molar-refractivity contribution < 1.29 is 9.53 Å². The second-order valence-corrected chi connectivity index (χ2v) is 3.72. The van der Waals surface area contributed by atoms with E-state index >= 15 is 0 Å². The molecule has 1 heterocycles. The maximum absolute atomic E-state index is 11.6.